The lowest BCUT2D eigenvalue weighted by molar-refractivity contribution is 1.79. The third kappa shape index (κ3) is 4.70. The van der Waals surface area contributed by atoms with Crippen molar-refractivity contribution < 1.29 is 0 Å². The first-order valence-corrected chi connectivity index (χ1v) is 5.46. The van der Waals surface area contributed by atoms with Crippen LogP contribution in [0.3, 0.4) is 0 Å². The van der Waals surface area contributed by atoms with Crippen molar-refractivity contribution >= 4 is 20.7 Å². The Bertz CT molecular complexity index is 35.3. The summed E-state index contributed by atoms with van der Waals surface area (Å²) in [6.45, 7) is 3.72. The van der Waals surface area contributed by atoms with Crippen LogP contribution in [0.4, 0.5) is 0 Å². The highest BCUT2D eigenvalue weighted by Crippen LogP contribution is 2.43. The molecule has 0 aliphatic carbocycles. The summed E-state index contributed by atoms with van der Waals surface area (Å²) < 4.78 is 0. The first-order valence-electron chi connectivity index (χ1n) is 1.79. The molecule has 39 valence electrons. The van der Waals surface area contributed by atoms with Gasteiger partial charge in [-0.05, 0) is 25.2 Å². The van der Waals surface area contributed by atoms with Crippen LogP contribution in [0.5, 0.6) is 0 Å². The van der Waals surface area contributed by atoms with Gasteiger partial charge >= 0.3 is 0 Å². The summed E-state index contributed by atoms with van der Waals surface area (Å²) in [5.74, 6) is 0.968. The first-order chi connectivity index (χ1) is 2.56. The van der Waals surface area contributed by atoms with Crippen molar-refractivity contribution in [2.24, 2.45) is 0 Å². The van der Waals surface area contributed by atoms with Gasteiger partial charge in [-0.2, -0.15) is 0 Å². The van der Waals surface area contributed by atoms with Gasteiger partial charge in [0, 0.05) is 0 Å². The molecule has 0 aromatic heterocycles. The second-order valence-corrected chi connectivity index (χ2v) is 8.02. The van der Waals surface area contributed by atoms with E-state index in [1.807, 2.05) is 0 Å². The lowest BCUT2D eigenvalue weighted by Gasteiger charge is -2.19. The molecule has 0 rings (SSSR count). The Morgan fingerprint density at radius 3 is 1.83 bits per heavy atom. The van der Waals surface area contributed by atoms with Gasteiger partial charge in [0.05, 0.1) is 0 Å². The Labute approximate surface area is 46.4 Å². The lowest BCUT2D eigenvalue weighted by atomic mass is 11.0. The third-order valence-electron chi connectivity index (χ3n) is 0.500. The van der Waals surface area contributed by atoms with E-state index in [1.165, 1.54) is 0 Å². The molecule has 0 unspecified atom stereocenters. The number of hydrogen-bond acceptors (Lipinski definition) is 1. The minimum absolute atomic E-state index is 0.579. The van der Waals surface area contributed by atoms with Crippen LogP contribution in [0, 0.1) is 6.92 Å². The van der Waals surface area contributed by atoms with Crippen molar-refractivity contribution in [2.45, 2.75) is 0 Å². The molecule has 0 aromatic carbocycles. The quantitative estimate of drug-likeness (QED) is 0.398. The van der Waals surface area contributed by atoms with Crippen LogP contribution in [-0.4, -0.2) is 18.3 Å². The fourth-order valence-electron chi connectivity index (χ4n) is 0. The minimum atomic E-state index is -0.579. The summed E-state index contributed by atoms with van der Waals surface area (Å²) in [5, 5.41) is 0. The molecule has 0 bridgehead atoms. The largest absolute Gasteiger partial charge is 0.201 e. The molecule has 0 nitrogen and oxygen atoms in total. The molecular weight excluding hydrogens is 112 g/mol. The van der Waals surface area contributed by atoms with Crippen molar-refractivity contribution in [2.75, 3.05) is 18.3 Å². The van der Waals surface area contributed by atoms with Gasteiger partial charge in [-0.1, -0.05) is 0 Å². The molecule has 0 spiro atoms. The van der Waals surface area contributed by atoms with Gasteiger partial charge in [-0.3, -0.25) is 0 Å². The average Bonchev–Trinajstić information content (AvgIpc) is 1.35. The van der Waals surface area contributed by atoms with Crippen LogP contribution >= 0.6 is 20.7 Å². The van der Waals surface area contributed by atoms with Crippen molar-refractivity contribution in [1.29, 1.82) is 0 Å². The maximum atomic E-state index is 4.28. The lowest BCUT2D eigenvalue weighted by Crippen LogP contribution is -1.85. The zero-order valence-electron chi connectivity index (χ0n) is 4.27. The van der Waals surface area contributed by atoms with Gasteiger partial charge in [0.15, 0.2) is 0 Å². The first kappa shape index (κ1) is 6.70. The highest BCUT2D eigenvalue weighted by atomic mass is 33.1. The fourth-order valence-corrected chi connectivity index (χ4v) is 0. The Kier molecular flexibility index (Phi) is 2.37. The molecular formula is C4H11S2. The molecule has 2 heteroatoms. The van der Waals surface area contributed by atoms with E-state index in [1.54, 1.807) is 0 Å². The van der Waals surface area contributed by atoms with Crippen LogP contribution in [0.1, 0.15) is 0 Å². The summed E-state index contributed by atoms with van der Waals surface area (Å²) in [6, 6.07) is 0. The molecule has 0 aliphatic rings. The molecule has 1 radical (unpaired) electrons. The van der Waals surface area contributed by atoms with Crippen LogP contribution in [0.25, 0.3) is 0 Å². The minimum Gasteiger partial charge on any atom is -0.201 e. The Balaban J connectivity index is 3.17. The molecule has 0 N–H and O–H groups in total. The molecule has 6 heavy (non-hydrogen) atoms. The molecule has 0 saturated heterocycles. The average molecular weight is 123 g/mol. The monoisotopic (exact) mass is 123 g/mol. The SMILES string of the molecule is [CH2]CS(C)(C)S. The Morgan fingerprint density at radius 1 is 1.67 bits per heavy atom. The topological polar surface area (TPSA) is 0 Å². The summed E-state index contributed by atoms with van der Waals surface area (Å²) in [5.41, 5.74) is 0. The molecule has 0 fully saturated rings. The van der Waals surface area contributed by atoms with E-state index in [0.29, 0.717) is 0 Å². The van der Waals surface area contributed by atoms with Gasteiger partial charge in [0.1, 0.15) is 0 Å². The van der Waals surface area contributed by atoms with E-state index < -0.39 is 9.06 Å². The number of thiol groups is 1. The molecule has 0 saturated carbocycles. The van der Waals surface area contributed by atoms with E-state index in [9.17, 15) is 0 Å². The predicted octanol–water partition coefficient (Wildman–Crippen LogP) is 1.73. The second-order valence-electron chi connectivity index (χ2n) is 1.68. The zero-order valence-corrected chi connectivity index (χ0v) is 5.98. The molecule has 0 atom stereocenters. The summed E-state index contributed by atoms with van der Waals surface area (Å²) in [4.78, 5) is 0. The van der Waals surface area contributed by atoms with Gasteiger partial charge in [-0.15, -0.1) is 11.7 Å². The van der Waals surface area contributed by atoms with E-state index in [-0.39, 0.29) is 0 Å². The number of rotatable bonds is 1. The van der Waals surface area contributed by atoms with Crippen LogP contribution in [-0.2, 0) is 0 Å². The van der Waals surface area contributed by atoms with Crippen molar-refractivity contribution in [3.63, 3.8) is 0 Å². The highest BCUT2D eigenvalue weighted by molar-refractivity contribution is 8.87. The summed E-state index contributed by atoms with van der Waals surface area (Å²) in [7, 11) is -0.579. The maximum Gasteiger partial charge on any atom is -0.0148 e. The van der Waals surface area contributed by atoms with E-state index in [4.69, 9.17) is 0 Å². The van der Waals surface area contributed by atoms with Crippen LogP contribution in [0.2, 0.25) is 0 Å². The van der Waals surface area contributed by atoms with Crippen LogP contribution < -0.4 is 0 Å². The molecule has 0 aromatic rings. The van der Waals surface area contributed by atoms with Crippen LogP contribution in [0.15, 0.2) is 0 Å². The van der Waals surface area contributed by atoms with Gasteiger partial charge in [0.25, 0.3) is 0 Å². The van der Waals surface area contributed by atoms with Gasteiger partial charge in [-0.25, -0.2) is 9.06 Å². The van der Waals surface area contributed by atoms with Crippen molar-refractivity contribution in [3.05, 3.63) is 6.92 Å². The maximum absolute atomic E-state index is 4.28. The standard InChI is InChI=1S/C4H11S2/c1-4-6(2,3)5/h5H,1,4H2,2-3H3. The van der Waals surface area contributed by atoms with E-state index >= 15 is 0 Å². The zero-order chi connectivity index (χ0) is 5.21. The summed E-state index contributed by atoms with van der Waals surface area (Å²) in [6.07, 6.45) is 4.26. The van der Waals surface area contributed by atoms with Gasteiger partial charge < -0.3 is 0 Å². The third-order valence-corrected chi connectivity index (χ3v) is 2.05. The number of hydrogen-bond donors (Lipinski definition) is 1. The highest BCUT2D eigenvalue weighted by Gasteiger charge is 1.96. The molecule has 0 amide bonds. The van der Waals surface area contributed by atoms with Crippen molar-refractivity contribution in [3.8, 4) is 0 Å². The van der Waals surface area contributed by atoms with E-state index in [0.717, 1.165) is 5.75 Å². The smallest absolute Gasteiger partial charge is 0.0148 e. The van der Waals surface area contributed by atoms with Crippen molar-refractivity contribution in [1.82, 2.24) is 0 Å². The molecule has 0 heterocycles. The normalized spacial score (nSPS) is 14.7. The Morgan fingerprint density at radius 2 is 1.83 bits per heavy atom. The predicted molar refractivity (Wildman–Crippen MR) is 38.6 cm³/mol. The summed E-state index contributed by atoms with van der Waals surface area (Å²) >= 11 is 4.28. The fraction of sp³-hybridized carbons (Fsp3) is 0.750. The molecule has 0 aliphatic heterocycles. The van der Waals surface area contributed by atoms with Gasteiger partial charge in [0.2, 0.25) is 0 Å². The second kappa shape index (κ2) is 2.12. The van der Waals surface area contributed by atoms with E-state index in [2.05, 4.69) is 31.1 Å². The Hall–Kier alpha value is 0.700.